The molecular formula is C17H28BrN3O6. The van der Waals surface area contributed by atoms with E-state index in [-0.39, 0.29) is 0 Å². The topological polar surface area (TPSA) is 101 Å². The Morgan fingerprint density at radius 2 is 1.48 bits per heavy atom. The number of aromatic nitrogens is 2. The second kappa shape index (κ2) is 13.6. The molecule has 0 saturated heterocycles. The number of amides is 1. The van der Waals surface area contributed by atoms with Crippen molar-refractivity contribution in [2.45, 2.75) is 26.4 Å². The number of rotatable bonds is 13. The first-order valence-corrected chi connectivity index (χ1v) is 9.46. The van der Waals surface area contributed by atoms with Crippen molar-refractivity contribution in [1.29, 1.82) is 0 Å². The molecule has 1 rings (SSSR count). The fourth-order valence-electron chi connectivity index (χ4n) is 1.65. The lowest BCUT2D eigenvalue weighted by molar-refractivity contribution is 0.00856. The van der Waals surface area contributed by atoms with Gasteiger partial charge < -0.3 is 29.0 Å². The normalized spacial score (nSPS) is 11.3. The number of nitrogens with zero attached hydrogens (tertiary/aromatic N) is 2. The lowest BCUT2D eigenvalue weighted by Gasteiger charge is -2.19. The third-order valence-corrected chi connectivity index (χ3v) is 3.12. The maximum atomic E-state index is 11.4. The molecule has 1 amide bonds. The Labute approximate surface area is 168 Å². The number of nitrogens with one attached hydrogen (secondary N) is 1. The molecule has 1 N–H and O–H groups in total. The van der Waals surface area contributed by atoms with E-state index in [0.29, 0.717) is 58.8 Å². The fraction of sp³-hybridized carbons (Fsp3) is 0.706. The summed E-state index contributed by atoms with van der Waals surface area (Å²) in [5, 5.41) is 2.61. The minimum absolute atomic E-state index is 0.316. The Hall–Kier alpha value is -1.49. The summed E-state index contributed by atoms with van der Waals surface area (Å²) in [4.78, 5) is 19.4. The molecular weight excluding hydrogens is 422 g/mol. The molecule has 154 valence electrons. The van der Waals surface area contributed by atoms with Gasteiger partial charge in [0.1, 0.15) is 12.2 Å². The highest BCUT2D eigenvalue weighted by molar-refractivity contribution is 9.10. The SMILES string of the molecule is CC(C)(C)OC(=O)NCCOCCOCCOCCOc1ncc(Br)cn1. The molecule has 9 nitrogen and oxygen atoms in total. The van der Waals surface area contributed by atoms with E-state index in [1.54, 1.807) is 12.4 Å². The van der Waals surface area contributed by atoms with E-state index in [2.05, 4.69) is 31.2 Å². The quantitative estimate of drug-likeness (QED) is 0.457. The first kappa shape index (κ1) is 23.5. The van der Waals surface area contributed by atoms with Gasteiger partial charge in [0.05, 0.1) is 44.1 Å². The second-order valence-corrected chi connectivity index (χ2v) is 7.21. The fourth-order valence-corrected chi connectivity index (χ4v) is 1.85. The zero-order chi connectivity index (χ0) is 20.0. The zero-order valence-electron chi connectivity index (χ0n) is 16.0. The zero-order valence-corrected chi connectivity index (χ0v) is 17.6. The van der Waals surface area contributed by atoms with Crippen LogP contribution in [0.5, 0.6) is 6.01 Å². The summed E-state index contributed by atoms with van der Waals surface area (Å²) in [6, 6.07) is 0.316. The van der Waals surface area contributed by atoms with E-state index in [1.165, 1.54) is 0 Å². The Kier molecular flexibility index (Phi) is 11.9. The van der Waals surface area contributed by atoms with Gasteiger partial charge in [-0.25, -0.2) is 14.8 Å². The molecule has 0 unspecified atom stereocenters. The van der Waals surface area contributed by atoms with Gasteiger partial charge in [-0.2, -0.15) is 0 Å². The molecule has 0 aliphatic carbocycles. The molecule has 0 saturated carbocycles. The summed E-state index contributed by atoms with van der Waals surface area (Å²) in [7, 11) is 0. The standard InChI is InChI=1S/C17H28BrN3O6/c1-17(2,3)27-16(22)19-4-5-23-6-7-24-8-9-25-10-11-26-15-20-12-14(18)13-21-15/h12-13H,4-11H2,1-3H3,(H,19,22). The lowest BCUT2D eigenvalue weighted by atomic mass is 10.2. The van der Waals surface area contributed by atoms with Crippen molar-refractivity contribution in [3.63, 3.8) is 0 Å². The maximum absolute atomic E-state index is 11.4. The Morgan fingerprint density at radius 3 is 2.04 bits per heavy atom. The van der Waals surface area contributed by atoms with Crippen LogP contribution >= 0.6 is 15.9 Å². The third kappa shape index (κ3) is 14.3. The van der Waals surface area contributed by atoms with Crippen molar-refractivity contribution >= 4 is 22.0 Å². The van der Waals surface area contributed by atoms with Crippen LogP contribution in [-0.2, 0) is 18.9 Å². The van der Waals surface area contributed by atoms with Crippen LogP contribution < -0.4 is 10.1 Å². The number of hydrogen-bond acceptors (Lipinski definition) is 8. The van der Waals surface area contributed by atoms with Gasteiger partial charge in [0.25, 0.3) is 0 Å². The summed E-state index contributed by atoms with van der Waals surface area (Å²) >= 11 is 3.25. The first-order chi connectivity index (χ1) is 12.9. The van der Waals surface area contributed by atoms with Gasteiger partial charge in [0, 0.05) is 18.9 Å². The molecule has 1 aromatic heterocycles. The van der Waals surface area contributed by atoms with Crippen LogP contribution in [0, 0.1) is 0 Å². The summed E-state index contributed by atoms with van der Waals surface area (Å²) in [5.41, 5.74) is -0.500. The molecule has 0 fully saturated rings. The van der Waals surface area contributed by atoms with Crippen LogP contribution in [0.15, 0.2) is 16.9 Å². The lowest BCUT2D eigenvalue weighted by Crippen LogP contribution is -2.34. The molecule has 1 heterocycles. The third-order valence-electron chi connectivity index (χ3n) is 2.71. The van der Waals surface area contributed by atoms with Gasteiger partial charge in [-0.15, -0.1) is 0 Å². The molecule has 0 aromatic carbocycles. The average Bonchev–Trinajstić information content (AvgIpc) is 2.59. The molecule has 0 atom stereocenters. The predicted octanol–water partition coefficient (Wildman–Crippen LogP) is 2.19. The van der Waals surface area contributed by atoms with Gasteiger partial charge >= 0.3 is 12.1 Å². The Bertz CT molecular complexity index is 524. The highest BCUT2D eigenvalue weighted by atomic mass is 79.9. The second-order valence-electron chi connectivity index (χ2n) is 6.30. The van der Waals surface area contributed by atoms with Crippen LogP contribution in [0.25, 0.3) is 0 Å². The number of carbonyl (C=O) groups is 1. The van der Waals surface area contributed by atoms with Crippen LogP contribution in [0.4, 0.5) is 4.79 Å². The molecule has 1 aromatic rings. The van der Waals surface area contributed by atoms with Crippen molar-refractivity contribution in [1.82, 2.24) is 15.3 Å². The largest absolute Gasteiger partial charge is 0.461 e. The summed E-state index contributed by atoms with van der Waals surface area (Å²) < 4.78 is 27.3. The summed E-state index contributed by atoms with van der Waals surface area (Å²) in [6.07, 6.45) is 2.79. The van der Waals surface area contributed by atoms with Crippen molar-refractivity contribution in [2.75, 3.05) is 52.8 Å². The van der Waals surface area contributed by atoms with E-state index in [4.69, 9.17) is 23.7 Å². The average molecular weight is 450 g/mol. The first-order valence-electron chi connectivity index (χ1n) is 8.67. The van der Waals surface area contributed by atoms with E-state index >= 15 is 0 Å². The minimum Gasteiger partial charge on any atom is -0.461 e. The number of halogens is 1. The van der Waals surface area contributed by atoms with E-state index in [1.807, 2.05) is 20.8 Å². The predicted molar refractivity (Wildman–Crippen MR) is 102 cm³/mol. The molecule has 0 radical (unpaired) electrons. The van der Waals surface area contributed by atoms with E-state index in [9.17, 15) is 4.79 Å². The molecule has 0 bridgehead atoms. The molecule has 0 aliphatic heterocycles. The van der Waals surface area contributed by atoms with Gasteiger partial charge in [0.2, 0.25) is 0 Å². The molecule has 0 aliphatic rings. The highest BCUT2D eigenvalue weighted by Crippen LogP contribution is 2.08. The van der Waals surface area contributed by atoms with Crippen LogP contribution in [0.3, 0.4) is 0 Å². The maximum Gasteiger partial charge on any atom is 0.407 e. The Morgan fingerprint density at radius 1 is 0.963 bits per heavy atom. The number of hydrogen-bond donors (Lipinski definition) is 1. The van der Waals surface area contributed by atoms with Crippen molar-refractivity contribution in [3.05, 3.63) is 16.9 Å². The number of ether oxygens (including phenoxy) is 5. The number of alkyl carbamates (subject to hydrolysis) is 1. The van der Waals surface area contributed by atoms with Crippen molar-refractivity contribution in [2.24, 2.45) is 0 Å². The Balaban J connectivity index is 1.81. The van der Waals surface area contributed by atoms with Crippen LogP contribution in [-0.4, -0.2) is 74.5 Å². The molecule has 27 heavy (non-hydrogen) atoms. The number of carbonyl (C=O) groups excluding carboxylic acids is 1. The highest BCUT2D eigenvalue weighted by Gasteiger charge is 2.15. The van der Waals surface area contributed by atoms with Gasteiger partial charge in [0.15, 0.2) is 0 Å². The van der Waals surface area contributed by atoms with E-state index in [0.717, 1.165) is 4.47 Å². The van der Waals surface area contributed by atoms with Crippen molar-refractivity contribution < 1.29 is 28.5 Å². The van der Waals surface area contributed by atoms with Crippen LogP contribution in [0.1, 0.15) is 20.8 Å². The van der Waals surface area contributed by atoms with Gasteiger partial charge in [-0.1, -0.05) is 0 Å². The van der Waals surface area contributed by atoms with Gasteiger partial charge in [-0.05, 0) is 36.7 Å². The van der Waals surface area contributed by atoms with E-state index < -0.39 is 11.7 Å². The summed E-state index contributed by atoms with van der Waals surface area (Å²) in [6.45, 7) is 8.86. The molecule has 10 heteroatoms. The minimum atomic E-state index is -0.500. The summed E-state index contributed by atoms with van der Waals surface area (Å²) in [5.74, 6) is 0. The van der Waals surface area contributed by atoms with Crippen molar-refractivity contribution in [3.8, 4) is 6.01 Å². The van der Waals surface area contributed by atoms with Crippen LogP contribution in [0.2, 0.25) is 0 Å². The molecule has 0 spiro atoms. The monoisotopic (exact) mass is 449 g/mol. The smallest absolute Gasteiger partial charge is 0.407 e. The van der Waals surface area contributed by atoms with Gasteiger partial charge in [-0.3, -0.25) is 0 Å².